The second kappa shape index (κ2) is 8.51. The molecule has 0 aromatic carbocycles. The largest absolute Gasteiger partial charge is 0.468 e. The van der Waals surface area contributed by atoms with Crippen molar-refractivity contribution in [2.75, 3.05) is 47.4 Å². The molecule has 0 radical (unpaired) electrons. The van der Waals surface area contributed by atoms with Crippen molar-refractivity contribution in [2.45, 2.75) is 38.3 Å². The molecule has 0 bridgehead atoms. The fraction of sp³-hybridized carbons (Fsp3) is 0.929. The number of carbonyl (C=O) groups is 1. The molecule has 1 aliphatic heterocycles. The highest BCUT2D eigenvalue weighted by molar-refractivity contribution is 5.75. The van der Waals surface area contributed by atoms with Crippen LogP contribution >= 0.6 is 0 Å². The van der Waals surface area contributed by atoms with Crippen molar-refractivity contribution in [2.24, 2.45) is 0 Å². The van der Waals surface area contributed by atoms with Gasteiger partial charge >= 0.3 is 5.97 Å². The van der Waals surface area contributed by atoms with E-state index >= 15 is 0 Å². The van der Waals surface area contributed by atoms with E-state index in [1.807, 2.05) is 0 Å². The Morgan fingerprint density at radius 2 is 2.32 bits per heavy atom. The topological polar surface area (TPSA) is 44.8 Å². The minimum Gasteiger partial charge on any atom is -0.468 e. The molecule has 0 aromatic heterocycles. The molecule has 0 amide bonds. The van der Waals surface area contributed by atoms with Crippen LogP contribution in [0.5, 0.6) is 0 Å². The molecule has 19 heavy (non-hydrogen) atoms. The fourth-order valence-electron chi connectivity index (χ4n) is 2.84. The van der Waals surface area contributed by atoms with E-state index in [0.717, 1.165) is 26.1 Å². The van der Waals surface area contributed by atoms with Crippen molar-refractivity contribution >= 4 is 5.97 Å². The summed E-state index contributed by atoms with van der Waals surface area (Å²) < 4.78 is 4.78. The maximum Gasteiger partial charge on any atom is 0.322 e. The average molecular weight is 271 g/mol. The molecule has 1 heterocycles. The number of ether oxygens (including phenoxy) is 1. The van der Waals surface area contributed by atoms with Crippen LogP contribution in [-0.2, 0) is 9.53 Å². The molecule has 5 nitrogen and oxygen atoms in total. The Balaban J connectivity index is 2.30. The fourth-order valence-corrected chi connectivity index (χ4v) is 2.84. The van der Waals surface area contributed by atoms with E-state index in [1.165, 1.54) is 26.5 Å². The number of hydrogen-bond donors (Lipinski definition) is 1. The standard InChI is InChI=1S/C14H29N3O2/c1-5-17-9-6-7-12(17)11-16(3)10-8-13(15-2)14(18)19-4/h12-13,15H,5-11H2,1-4H3. The van der Waals surface area contributed by atoms with Crippen LogP contribution in [0.15, 0.2) is 0 Å². The summed E-state index contributed by atoms with van der Waals surface area (Å²) in [7, 11) is 5.38. The zero-order chi connectivity index (χ0) is 14.3. The number of hydrogen-bond acceptors (Lipinski definition) is 5. The Morgan fingerprint density at radius 3 is 2.89 bits per heavy atom. The van der Waals surface area contributed by atoms with E-state index in [2.05, 4.69) is 29.1 Å². The lowest BCUT2D eigenvalue weighted by Crippen LogP contribution is -2.42. The van der Waals surface area contributed by atoms with Crippen molar-refractivity contribution in [1.29, 1.82) is 0 Å². The number of nitrogens with zero attached hydrogens (tertiary/aromatic N) is 2. The number of carbonyl (C=O) groups excluding carboxylic acids is 1. The zero-order valence-corrected chi connectivity index (χ0v) is 12.8. The summed E-state index contributed by atoms with van der Waals surface area (Å²) in [5.41, 5.74) is 0. The minimum atomic E-state index is -0.196. The van der Waals surface area contributed by atoms with Crippen LogP contribution in [0, 0.1) is 0 Å². The van der Waals surface area contributed by atoms with Gasteiger partial charge in [-0.1, -0.05) is 6.92 Å². The quantitative estimate of drug-likeness (QED) is 0.653. The molecule has 5 heteroatoms. The lowest BCUT2D eigenvalue weighted by atomic mass is 10.1. The van der Waals surface area contributed by atoms with Crippen LogP contribution in [0.2, 0.25) is 0 Å². The van der Waals surface area contributed by atoms with Crippen molar-refractivity contribution < 1.29 is 9.53 Å². The summed E-state index contributed by atoms with van der Waals surface area (Å²) in [6.07, 6.45) is 3.40. The Morgan fingerprint density at radius 1 is 1.58 bits per heavy atom. The summed E-state index contributed by atoms with van der Waals surface area (Å²) >= 11 is 0. The van der Waals surface area contributed by atoms with Gasteiger partial charge < -0.3 is 15.0 Å². The van der Waals surface area contributed by atoms with Crippen molar-refractivity contribution in [3.8, 4) is 0 Å². The molecule has 0 saturated carbocycles. The Labute approximate surface area is 117 Å². The number of esters is 1. The third kappa shape index (κ3) is 5.09. The van der Waals surface area contributed by atoms with Gasteiger partial charge in [0.1, 0.15) is 6.04 Å². The van der Waals surface area contributed by atoms with Crippen LogP contribution in [-0.4, -0.2) is 75.2 Å². The zero-order valence-electron chi connectivity index (χ0n) is 12.8. The summed E-state index contributed by atoms with van der Waals surface area (Å²) in [4.78, 5) is 16.4. The van der Waals surface area contributed by atoms with Gasteiger partial charge in [0.2, 0.25) is 0 Å². The molecular weight excluding hydrogens is 242 g/mol. The van der Waals surface area contributed by atoms with Gasteiger partial charge in [0.25, 0.3) is 0 Å². The SMILES string of the molecule is CCN1CCCC1CN(C)CCC(NC)C(=O)OC. The van der Waals surface area contributed by atoms with Gasteiger partial charge in [0, 0.05) is 12.6 Å². The molecule has 0 spiro atoms. The van der Waals surface area contributed by atoms with E-state index in [1.54, 1.807) is 7.05 Å². The monoisotopic (exact) mass is 271 g/mol. The van der Waals surface area contributed by atoms with Crippen LogP contribution in [0.25, 0.3) is 0 Å². The third-order valence-corrected chi connectivity index (χ3v) is 4.06. The molecule has 1 rings (SSSR count). The third-order valence-electron chi connectivity index (χ3n) is 4.06. The van der Waals surface area contributed by atoms with Crippen LogP contribution in [0.3, 0.4) is 0 Å². The predicted octanol–water partition coefficient (Wildman–Crippen LogP) is 0.554. The van der Waals surface area contributed by atoms with Crippen LogP contribution in [0.4, 0.5) is 0 Å². The molecule has 1 fully saturated rings. The predicted molar refractivity (Wildman–Crippen MR) is 77.2 cm³/mol. The van der Waals surface area contributed by atoms with E-state index < -0.39 is 0 Å². The lowest BCUT2D eigenvalue weighted by molar-refractivity contribution is -0.143. The second-order valence-corrected chi connectivity index (χ2v) is 5.34. The van der Waals surface area contributed by atoms with Gasteiger partial charge in [-0.2, -0.15) is 0 Å². The molecule has 1 aliphatic rings. The minimum absolute atomic E-state index is 0.174. The van der Waals surface area contributed by atoms with Gasteiger partial charge in [-0.25, -0.2) is 0 Å². The van der Waals surface area contributed by atoms with Gasteiger partial charge in [-0.15, -0.1) is 0 Å². The molecular formula is C14H29N3O2. The first-order valence-electron chi connectivity index (χ1n) is 7.30. The van der Waals surface area contributed by atoms with E-state index in [-0.39, 0.29) is 12.0 Å². The van der Waals surface area contributed by atoms with Crippen molar-refractivity contribution in [1.82, 2.24) is 15.1 Å². The summed E-state index contributed by atoms with van der Waals surface area (Å²) in [5, 5.41) is 3.01. The maximum atomic E-state index is 11.5. The molecule has 2 unspecified atom stereocenters. The van der Waals surface area contributed by atoms with Crippen molar-refractivity contribution in [3.05, 3.63) is 0 Å². The van der Waals surface area contributed by atoms with Gasteiger partial charge in [0.05, 0.1) is 7.11 Å². The molecule has 112 valence electrons. The molecule has 1 saturated heterocycles. The normalized spacial score (nSPS) is 21.8. The summed E-state index contributed by atoms with van der Waals surface area (Å²) in [5.74, 6) is -0.174. The number of rotatable bonds is 8. The van der Waals surface area contributed by atoms with Crippen molar-refractivity contribution in [3.63, 3.8) is 0 Å². The first-order chi connectivity index (χ1) is 9.12. The smallest absolute Gasteiger partial charge is 0.322 e. The van der Waals surface area contributed by atoms with E-state index in [4.69, 9.17) is 4.74 Å². The highest BCUT2D eigenvalue weighted by Gasteiger charge is 2.24. The molecule has 0 aliphatic carbocycles. The van der Waals surface area contributed by atoms with E-state index in [9.17, 15) is 4.79 Å². The first kappa shape index (κ1) is 16.4. The molecule has 2 atom stereocenters. The van der Waals surface area contributed by atoms with Gasteiger partial charge in [0.15, 0.2) is 0 Å². The number of nitrogens with one attached hydrogen (secondary N) is 1. The lowest BCUT2D eigenvalue weighted by Gasteiger charge is -2.28. The summed E-state index contributed by atoms with van der Waals surface area (Å²) in [6.45, 7) is 6.60. The number of likely N-dealkylation sites (N-methyl/N-ethyl adjacent to an activating group) is 3. The van der Waals surface area contributed by atoms with Crippen LogP contribution in [0.1, 0.15) is 26.2 Å². The van der Waals surface area contributed by atoms with Gasteiger partial charge in [-0.3, -0.25) is 9.69 Å². The number of methoxy groups -OCH3 is 1. The highest BCUT2D eigenvalue weighted by atomic mass is 16.5. The molecule has 1 N–H and O–H groups in total. The maximum absolute atomic E-state index is 11.5. The second-order valence-electron chi connectivity index (χ2n) is 5.34. The summed E-state index contributed by atoms with van der Waals surface area (Å²) in [6, 6.07) is 0.486. The Bertz CT molecular complexity index is 273. The van der Waals surface area contributed by atoms with E-state index in [0.29, 0.717) is 6.04 Å². The highest BCUT2D eigenvalue weighted by Crippen LogP contribution is 2.17. The number of likely N-dealkylation sites (tertiary alicyclic amines) is 1. The van der Waals surface area contributed by atoms with Crippen LogP contribution < -0.4 is 5.32 Å². The molecule has 0 aromatic rings. The Kier molecular flexibility index (Phi) is 7.34. The average Bonchev–Trinajstić information content (AvgIpc) is 2.86. The van der Waals surface area contributed by atoms with Gasteiger partial charge in [-0.05, 0) is 53.0 Å². The Hall–Kier alpha value is -0.650. The first-order valence-corrected chi connectivity index (χ1v) is 7.30.